The average Bonchev–Trinajstić information content (AvgIpc) is 2.23. The number of halogens is 2. The minimum Gasteiger partial charge on any atom is -0.475 e. The fourth-order valence-electron chi connectivity index (χ4n) is 1.31. The highest BCUT2D eigenvalue weighted by Crippen LogP contribution is 2.23. The Bertz CT molecular complexity index is 647. The van der Waals surface area contributed by atoms with Gasteiger partial charge < -0.3 is 9.52 Å². The van der Waals surface area contributed by atoms with Gasteiger partial charge in [-0.15, -0.1) is 0 Å². The molecule has 4 nitrogen and oxygen atoms in total. The van der Waals surface area contributed by atoms with Crippen molar-refractivity contribution in [3.63, 3.8) is 0 Å². The Kier molecular flexibility index (Phi) is 2.40. The number of aromatic carboxylic acids is 1. The van der Waals surface area contributed by atoms with Crippen LogP contribution in [0.2, 0.25) is 5.02 Å². The van der Waals surface area contributed by atoms with Crippen LogP contribution >= 0.6 is 11.6 Å². The van der Waals surface area contributed by atoms with Crippen molar-refractivity contribution in [1.29, 1.82) is 0 Å². The zero-order valence-electron chi connectivity index (χ0n) is 7.66. The third-order valence-corrected chi connectivity index (χ3v) is 2.33. The van der Waals surface area contributed by atoms with Gasteiger partial charge in [0, 0.05) is 5.39 Å². The van der Waals surface area contributed by atoms with Crippen molar-refractivity contribution in [3.8, 4) is 0 Å². The summed E-state index contributed by atoms with van der Waals surface area (Å²) in [7, 11) is 0. The number of rotatable bonds is 1. The van der Waals surface area contributed by atoms with Crippen LogP contribution in [0.3, 0.4) is 0 Å². The van der Waals surface area contributed by atoms with Crippen molar-refractivity contribution < 1.29 is 18.7 Å². The van der Waals surface area contributed by atoms with E-state index >= 15 is 0 Å². The topological polar surface area (TPSA) is 67.5 Å². The van der Waals surface area contributed by atoms with Gasteiger partial charge in [-0.3, -0.25) is 0 Å². The van der Waals surface area contributed by atoms with E-state index in [-0.39, 0.29) is 15.8 Å². The third kappa shape index (κ3) is 1.55. The maximum atomic E-state index is 13.5. The predicted octanol–water partition coefficient (Wildman–Crippen LogP) is 2.28. The van der Waals surface area contributed by atoms with Gasteiger partial charge in [0.25, 0.3) is 0 Å². The third-order valence-electron chi connectivity index (χ3n) is 2.04. The van der Waals surface area contributed by atoms with E-state index in [4.69, 9.17) is 16.7 Å². The van der Waals surface area contributed by atoms with Crippen molar-refractivity contribution in [2.45, 2.75) is 0 Å². The summed E-state index contributed by atoms with van der Waals surface area (Å²) in [6, 6.07) is 3.41. The van der Waals surface area contributed by atoms with E-state index in [0.717, 1.165) is 6.07 Å². The number of fused-ring (bicyclic) bond motifs is 1. The molecule has 0 spiro atoms. The van der Waals surface area contributed by atoms with Crippen LogP contribution in [0, 0.1) is 5.82 Å². The second kappa shape index (κ2) is 3.61. The number of hydrogen-bond acceptors (Lipinski definition) is 3. The van der Waals surface area contributed by atoms with Gasteiger partial charge >= 0.3 is 11.6 Å². The number of hydrogen-bond donors (Lipinski definition) is 1. The number of carboxylic acids is 1. The Balaban J connectivity index is 2.94. The summed E-state index contributed by atoms with van der Waals surface area (Å²) in [5.74, 6) is -2.91. The van der Waals surface area contributed by atoms with Crippen LogP contribution in [0.25, 0.3) is 10.8 Å². The van der Waals surface area contributed by atoms with Crippen molar-refractivity contribution >= 4 is 28.3 Å². The molecule has 2 aromatic rings. The van der Waals surface area contributed by atoms with Gasteiger partial charge in [0.1, 0.15) is 5.82 Å². The molecule has 1 N–H and O–H groups in total. The Morgan fingerprint density at radius 2 is 2.06 bits per heavy atom. The number of carboxylic acid groups (broad SMARTS) is 1. The van der Waals surface area contributed by atoms with Crippen LogP contribution in [0.4, 0.5) is 4.39 Å². The van der Waals surface area contributed by atoms with Gasteiger partial charge in [0.2, 0.25) is 5.76 Å². The molecule has 0 aliphatic carbocycles. The summed E-state index contributed by atoms with van der Waals surface area (Å²) in [6.07, 6.45) is 0. The maximum Gasteiger partial charge on any atom is 0.371 e. The fraction of sp³-hybridized carbons (Fsp3) is 0. The number of benzene rings is 1. The average molecular weight is 243 g/mol. The van der Waals surface area contributed by atoms with E-state index < -0.39 is 23.2 Å². The van der Waals surface area contributed by atoms with Gasteiger partial charge in [-0.2, -0.15) is 0 Å². The van der Waals surface area contributed by atoms with Crippen molar-refractivity contribution in [2.24, 2.45) is 0 Å². The van der Waals surface area contributed by atoms with E-state index in [9.17, 15) is 14.0 Å². The Labute approximate surface area is 92.9 Å². The zero-order chi connectivity index (χ0) is 11.9. The summed E-state index contributed by atoms with van der Waals surface area (Å²) in [4.78, 5) is 21.9. The largest absolute Gasteiger partial charge is 0.475 e. The van der Waals surface area contributed by atoms with E-state index in [1.807, 2.05) is 0 Å². The highest BCUT2D eigenvalue weighted by Gasteiger charge is 2.14. The molecular weight excluding hydrogens is 239 g/mol. The van der Waals surface area contributed by atoms with E-state index in [2.05, 4.69) is 4.42 Å². The minimum absolute atomic E-state index is 0.0492. The molecule has 1 aromatic heterocycles. The van der Waals surface area contributed by atoms with Crippen molar-refractivity contribution in [2.75, 3.05) is 0 Å². The van der Waals surface area contributed by atoms with Crippen LogP contribution < -0.4 is 5.63 Å². The second-order valence-corrected chi connectivity index (χ2v) is 3.43. The van der Waals surface area contributed by atoms with Gasteiger partial charge in [-0.25, -0.2) is 14.0 Å². The van der Waals surface area contributed by atoms with Crippen LogP contribution in [-0.2, 0) is 0 Å². The van der Waals surface area contributed by atoms with Crippen LogP contribution in [0.15, 0.2) is 27.4 Å². The second-order valence-electron chi connectivity index (χ2n) is 3.03. The molecule has 82 valence electrons. The Morgan fingerprint density at radius 1 is 1.38 bits per heavy atom. The molecule has 2 rings (SSSR count). The first-order valence-electron chi connectivity index (χ1n) is 4.16. The quantitative estimate of drug-likeness (QED) is 0.833. The van der Waals surface area contributed by atoms with Crippen molar-refractivity contribution in [3.05, 3.63) is 45.2 Å². The first kappa shape index (κ1) is 10.6. The first-order chi connectivity index (χ1) is 7.50. The normalized spacial score (nSPS) is 10.6. The van der Waals surface area contributed by atoms with Gasteiger partial charge in [-0.05, 0) is 18.2 Å². The summed E-state index contributed by atoms with van der Waals surface area (Å²) in [6.45, 7) is 0. The van der Waals surface area contributed by atoms with Gasteiger partial charge in [0.15, 0.2) is 0 Å². The molecule has 0 aliphatic heterocycles. The molecular formula is C10H4ClFO4. The standard InChI is InChI=1S/C10H4ClFO4/c11-6-2-1-4-5(8(6)12)3-7(9(13)14)16-10(4)15/h1-3H,(H,13,14). The SMILES string of the molecule is O=C(O)c1cc2c(F)c(Cl)ccc2c(=O)o1. The molecule has 0 aliphatic rings. The lowest BCUT2D eigenvalue weighted by atomic mass is 10.1. The molecule has 1 aromatic carbocycles. The molecule has 1 heterocycles. The maximum absolute atomic E-state index is 13.5. The molecule has 0 saturated heterocycles. The van der Waals surface area contributed by atoms with E-state index in [1.165, 1.54) is 12.1 Å². The molecule has 6 heteroatoms. The highest BCUT2D eigenvalue weighted by molar-refractivity contribution is 6.31. The van der Waals surface area contributed by atoms with Crippen LogP contribution in [-0.4, -0.2) is 11.1 Å². The zero-order valence-corrected chi connectivity index (χ0v) is 8.42. The molecule has 0 amide bonds. The molecule has 0 fully saturated rings. The van der Waals surface area contributed by atoms with Gasteiger partial charge in [-0.1, -0.05) is 11.6 Å². The molecule has 0 radical (unpaired) electrons. The van der Waals surface area contributed by atoms with E-state index in [0.29, 0.717) is 0 Å². The van der Waals surface area contributed by atoms with Gasteiger partial charge in [0.05, 0.1) is 10.4 Å². The summed E-state index contributed by atoms with van der Waals surface area (Å²) >= 11 is 5.52. The Hall–Kier alpha value is -1.88. The lowest BCUT2D eigenvalue weighted by Gasteiger charge is -2.01. The monoisotopic (exact) mass is 242 g/mol. The summed E-state index contributed by atoms with van der Waals surface area (Å²) in [5, 5.41) is 8.24. The smallest absolute Gasteiger partial charge is 0.371 e. The molecule has 16 heavy (non-hydrogen) atoms. The number of carbonyl (C=O) groups is 1. The van der Waals surface area contributed by atoms with E-state index in [1.54, 1.807) is 0 Å². The summed E-state index contributed by atoms with van der Waals surface area (Å²) < 4.78 is 18.0. The molecule has 0 bridgehead atoms. The fourth-order valence-corrected chi connectivity index (χ4v) is 1.47. The molecule has 0 saturated carbocycles. The lowest BCUT2D eigenvalue weighted by molar-refractivity contribution is 0.0658. The minimum atomic E-state index is -1.45. The lowest BCUT2D eigenvalue weighted by Crippen LogP contribution is -2.07. The highest BCUT2D eigenvalue weighted by atomic mass is 35.5. The van der Waals surface area contributed by atoms with Crippen LogP contribution in [0.1, 0.15) is 10.6 Å². The predicted molar refractivity (Wildman–Crippen MR) is 54.4 cm³/mol. The summed E-state index contributed by atoms with van der Waals surface area (Å²) in [5.41, 5.74) is -0.912. The Morgan fingerprint density at radius 3 is 2.69 bits per heavy atom. The first-order valence-corrected chi connectivity index (χ1v) is 4.53. The molecule has 0 atom stereocenters. The van der Waals surface area contributed by atoms with Crippen molar-refractivity contribution in [1.82, 2.24) is 0 Å². The van der Waals surface area contributed by atoms with Crippen LogP contribution in [0.5, 0.6) is 0 Å². The molecule has 0 unspecified atom stereocenters.